The minimum absolute atomic E-state index is 0.263. The summed E-state index contributed by atoms with van der Waals surface area (Å²) in [7, 11) is 0. The van der Waals surface area contributed by atoms with Crippen molar-refractivity contribution >= 4 is 17.2 Å². The van der Waals surface area contributed by atoms with Crippen molar-refractivity contribution in [3.8, 4) is 10.4 Å². The molecule has 0 aliphatic carbocycles. The summed E-state index contributed by atoms with van der Waals surface area (Å²) in [6.45, 7) is 3.33. The first-order valence-electron chi connectivity index (χ1n) is 8.03. The maximum absolute atomic E-state index is 13.5. The van der Waals surface area contributed by atoms with Gasteiger partial charge in [-0.1, -0.05) is 12.1 Å². The van der Waals surface area contributed by atoms with Crippen LogP contribution in [0, 0.1) is 11.7 Å². The van der Waals surface area contributed by atoms with Crippen molar-refractivity contribution in [1.82, 2.24) is 4.90 Å². The van der Waals surface area contributed by atoms with Crippen molar-refractivity contribution in [2.75, 3.05) is 19.6 Å². The lowest BCUT2D eigenvalue weighted by atomic mass is 9.75. The number of thiophene rings is 1. The van der Waals surface area contributed by atoms with E-state index in [-0.39, 0.29) is 11.7 Å². The lowest BCUT2D eigenvalue weighted by molar-refractivity contribution is 0.0859. The fourth-order valence-electron chi connectivity index (χ4n) is 3.97. The second-order valence-electron chi connectivity index (χ2n) is 6.51. The van der Waals surface area contributed by atoms with Gasteiger partial charge in [0.25, 0.3) is 5.91 Å². The van der Waals surface area contributed by atoms with Crippen LogP contribution in [0.5, 0.6) is 0 Å². The molecule has 3 nitrogen and oxygen atoms in total. The van der Waals surface area contributed by atoms with Crippen molar-refractivity contribution < 1.29 is 9.18 Å². The average Bonchev–Trinajstić information content (AvgIpc) is 3.01. The summed E-state index contributed by atoms with van der Waals surface area (Å²) in [6, 6.07) is 8.57. The molecule has 0 radical (unpaired) electrons. The van der Waals surface area contributed by atoms with Crippen LogP contribution in [0.15, 0.2) is 30.3 Å². The number of primary amides is 1. The first-order valence-corrected chi connectivity index (χ1v) is 8.85. The van der Waals surface area contributed by atoms with E-state index in [2.05, 4.69) is 11.0 Å². The van der Waals surface area contributed by atoms with E-state index in [0.29, 0.717) is 16.7 Å². The average molecular weight is 330 g/mol. The SMILES string of the molecule is NC(=O)c1sc(-c2cccc(F)c2)cc1C1CN2CCC1CC2. The van der Waals surface area contributed by atoms with Crippen LogP contribution in [0.2, 0.25) is 0 Å². The molecule has 1 aromatic carbocycles. The highest BCUT2D eigenvalue weighted by molar-refractivity contribution is 7.17. The summed E-state index contributed by atoms with van der Waals surface area (Å²) in [5, 5.41) is 0. The van der Waals surface area contributed by atoms with Crippen molar-refractivity contribution in [3.63, 3.8) is 0 Å². The van der Waals surface area contributed by atoms with Gasteiger partial charge >= 0.3 is 0 Å². The number of hydrogen-bond acceptors (Lipinski definition) is 3. The summed E-state index contributed by atoms with van der Waals surface area (Å²) in [4.78, 5) is 16.0. The van der Waals surface area contributed by atoms with Gasteiger partial charge in [-0.3, -0.25) is 4.79 Å². The Hall–Kier alpha value is -1.72. The first kappa shape index (κ1) is 14.8. The Bertz CT molecular complexity index is 749. The molecule has 3 aliphatic rings. The van der Waals surface area contributed by atoms with Crippen LogP contribution in [-0.4, -0.2) is 30.4 Å². The van der Waals surface area contributed by atoms with E-state index in [1.54, 1.807) is 6.07 Å². The number of carbonyl (C=O) groups excluding carboxylic acids is 1. The van der Waals surface area contributed by atoms with Crippen LogP contribution in [0.4, 0.5) is 4.39 Å². The third-order valence-electron chi connectivity index (χ3n) is 5.15. The number of halogens is 1. The van der Waals surface area contributed by atoms with E-state index >= 15 is 0 Å². The third-order valence-corrected chi connectivity index (χ3v) is 6.36. The van der Waals surface area contributed by atoms with Gasteiger partial charge < -0.3 is 10.6 Å². The van der Waals surface area contributed by atoms with Crippen molar-refractivity contribution in [2.24, 2.45) is 11.7 Å². The highest BCUT2D eigenvalue weighted by Gasteiger charge is 2.37. The summed E-state index contributed by atoms with van der Waals surface area (Å²) >= 11 is 1.39. The Balaban J connectivity index is 1.76. The fraction of sp³-hybridized carbons (Fsp3) is 0.389. The summed E-state index contributed by atoms with van der Waals surface area (Å²) in [5.41, 5.74) is 7.50. The van der Waals surface area contributed by atoms with Gasteiger partial charge in [0.1, 0.15) is 5.82 Å². The molecule has 2 bridgehead atoms. The molecule has 120 valence electrons. The molecule has 1 aromatic heterocycles. The molecule has 23 heavy (non-hydrogen) atoms. The molecule has 3 aliphatic heterocycles. The van der Waals surface area contributed by atoms with Gasteiger partial charge in [0.05, 0.1) is 4.88 Å². The quantitative estimate of drug-likeness (QED) is 0.937. The Morgan fingerprint density at radius 1 is 1.26 bits per heavy atom. The predicted octanol–water partition coefficient (Wildman–Crippen LogP) is 3.46. The molecule has 1 atom stereocenters. The molecular formula is C18H19FN2OS. The number of carbonyl (C=O) groups is 1. The van der Waals surface area contributed by atoms with Gasteiger partial charge in [0, 0.05) is 17.3 Å². The number of benzene rings is 1. The molecule has 4 heterocycles. The van der Waals surface area contributed by atoms with E-state index in [0.717, 1.165) is 35.6 Å². The maximum atomic E-state index is 13.5. The molecule has 2 N–H and O–H groups in total. The number of nitrogens with zero attached hydrogens (tertiary/aromatic N) is 1. The predicted molar refractivity (Wildman–Crippen MR) is 90.1 cm³/mol. The van der Waals surface area contributed by atoms with Gasteiger partial charge in [-0.2, -0.15) is 0 Å². The zero-order valence-electron chi connectivity index (χ0n) is 12.8. The second kappa shape index (κ2) is 5.73. The smallest absolute Gasteiger partial charge is 0.259 e. The van der Waals surface area contributed by atoms with Crippen LogP contribution in [-0.2, 0) is 0 Å². The van der Waals surface area contributed by atoms with Crippen LogP contribution in [0.25, 0.3) is 10.4 Å². The van der Waals surface area contributed by atoms with E-state index in [9.17, 15) is 9.18 Å². The fourth-order valence-corrected chi connectivity index (χ4v) is 5.05. The van der Waals surface area contributed by atoms with Gasteiger partial charge in [0.2, 0.25) is 0 Å². The number of amides is 1. The molecular weight excluding hydrogens is 311 g/mol. The van der Waals surface area contributed by atoms with Crippen molar-refractivity contribution in [1.29, 1.82) is 0 Å². The van der Waals surface area contributed by atoms with Gasteiger partial charge in [-0.05, 0) is 61.2 Å². The maximum Gasteiger partial charge on any atom is 0.259 e. The van der Waals surface area contributed by atoms with Crippen LogP contribution >= 0.6 is 11.3 Å². The summed E-state index contributed by atoms with van der Waals surface area (Å²) < 4.78 is 13.5. The topological polar surface area (TPSA) is 46.3 Å². The molecule has 2 aromatic rings. The Labute approximate surface area is 138 Å². The second-order valence-corrected chi connectivity index (χ2v) is 7.57. The van der Waals surface area contributed by atoms with Gasteiger partial charge in [-0.25, -0.2) is 4.39 Å². The third kappa shape index (κ3) is 2.68. The Morgan fingerprint density at radius 3 is 2.65 bits per heavy atom. The number of rotatable bonds is 3. The number of nitrogens with two attached hydrogens (primary N) is 1. The molecule has 0 saturated carbocycles. The number of hydrogen-bond donors (Lipinski definition) is 1. The number of fused-ring (bicyclic) bond motifs is 3. The molecule has 3 saturated heterocycles. The van der Waals surface area contributed by atoms with E-state index in [1.807, 2.05) is 6.07 Å². The van der Waals surface area contributed by atoms with Gasteiger partial charge in [-0.15, -0.1) is 11.3 Å². The summed E-state index contributed by atoms with van der Waals surface area (Å²) in [5.74, 6) is 0.372. The Kier molecular flexibility index (Phi) is 3.70. The highest BCUT2D eigenvalue weighted by Crippen LogP contribution is 2.44. The molecule has 5 heteroatoms. The largest absolute Gasteiger partial charge is 0.365 e. The van der Waals surface area contributed by atoms with E-state index in [1.165, 1.54) is 36.3 Å². The first-order chi connectivity index (χ1) is 11.1. The van der Waals surface area contributed by atoms with E-state index < -0.39 is 0 Å². The molecule has 5 rings (SSSR count). The zero-order valence-corrected chi connectivity index (χ0v) is 13.6. The van der Waals surface area contributed by atoms with Crippen molar-refractivity contribution in [3.05, 3.63) is 46.6 Å². The highest BCUT2D eigenvalue weighted by atomic mass is 32.1. The monoisotopic (exact) mass is 330 g/mol. The molecule has 3 fully saturated rings. The Morgan fingerprint density at radius 2 is 2.04 bits per heavy atom. The van der Waals surface area contributed by atoms with Gasteiger partial charge in [0.15, 0.2) is 0 Å². The molecule has 1 amide bonds. The zero-order chi connectivity index (χ0) is 16.0. The summed E-state index contributed by atoms with van der Waals surface area (Å²) in [6.07, 6.45) is 2.38. The van der Waals surface area contributed by atoms with Crippen LogP contribution < -0.4 is 5.73 Å². The van der Waals surface area contributed by atoms with Crippen molar-refractivity contribution in [2.45, 2.75) is 18.8 Å². The number of piperidine rings is 3. The molecule has 0 spiro atoms. The van der Waals surface area contributed by atoms with Crippen LogP contribution in [0.1, 0.15) is 34.0 Å². The van der Waals surface area contributed by atoms with E-state index in [4.69, 9.17) is 5.73 Å². The van der Waals surface area contributed by atoms with Crippen LogP contribution in [0.3, 0.4) is 0 Å². The normalized spacial score (nSPS) is 26.4. The minimum atomic E-state index is -0.371. The lowest BCUT2D eigenvalue weighted by Gasteiger charge is -2.45. The molecule has 1 unspecified atom stereocenters. The lowest BCUT2D eigenvalue weighted by Crippen LogP contribution is -2.46. The standard InChI is InChI=1S/C18H19FN2OS/c19-13-3-1-2-12(8-13)16-9-14(17(23-16)18(20)22)15-10-21-6-4-11(15)5-7-21/h1-3,8-9,11,15H,4-7,10H2,(H2,20,22). The minimum Gasteiger partial charge on any atom is -0.365 e.